The first-order valence-electron chi connectivity index (χ1n) is 7.35. The van der Waals surface area contributed by atoms with Crippen LogP contribution in [0.4, 0.5) is 14.5 Å². The molecule has 0 aromatic heterocycles. The molecule has 2 aromatic carbocycles. The Morgan fingerprint density at radius 1 is 1.09 bits per heavy atom. The second kappa shape index (κ2) is 5.52. The molecule has 0 heterocycles. The zero-order valence-corrected chi connectivity index (χ0v) is 12.3. The quantitative estimate of drug-likeness (QED) is 0.898. The van der Waals surface area contributed by atoms with Gasteiger partial charge in [-0.05, 0) is 55.2 Å². The van der Waals surface area contributed by atoms with Gasteiger partial charge in [-0.15, -0.1) is 0 Å². The largest absolute Gasteiger partial charge is 0.323 e. The molecule has 0 unspecified atom stereocenters. The van der Waals surface area contributed by atoms with E-state index in [9.17, 15) is 13.6 Å². The molecule has 2 nitrogen and oxygen atoms in total. The van der Waals surface area contributed by atoms with Gasteiger partial charge in [0.2, 0.25) is 5.91 Å². The van der Waals surface area contributed by atoms with Crippen LogP contribution in [0.15, 0.2) is 42.5 Å². The molecule has 0 atom stereocenters. The van der Waals surface area contributed by atoms with Gasteiger partial charge in [0.25, 0.3) is 0 Å². The predicted octanol–water partition coefficient (Wildman–Crippen LogP) is 4.33. The van der Waals surface area contributed by atoms with E-state index < -0.39 is 11.2 Å². The summed E-state index contributed by atoms with van der Waals surface area (Å²) in [5, 5.41) is 2.70. The molecule has 4 heteroatoms. The van der Waals surface area contributed by atoms with Crippen molar-refractivity contribution in [1.29, 1.82) is 0 Å². The summed E-state index contributed by atoms with van der Waals surface area (Å²) < 4.78 is 26.9. The van der Waals surface area contributed by atoms with Crippen molar-refractivity contribution in [2.24, 2.45) is 0 Å². The number of carbonyl (C=O) groups is 1. The molecular weight excluding hydrogens is 284 g/mol. The summed E-state index contributed by atoms with van der Waals surface area (Å²) in [6, 6.07) is 10.6. The molecule has 0 saturated heterocycles. The zero-order valence-electron chi connectivity index (χ0n) is 12.3. The Morgan fingerprint density at radius 2 is 1.77 bits per heavy atom. The fourth-order valence-corrected chi connectivity index (χ4v) is 2.92. The maximum atomic E-state index is 13.8. The maximum Gasteiger partial charge on any atom is 0.235 e. The monoisotopic (exact) mass is 301 g/mol. The minimum atomic E-state index is -0.677. The Bertz CT molecular complexity index is 706. The number of aryl methyl sites for hydroxylation is 1. The van der Waals surface area contributed by atoms with E-state index in [1.54, 1.807) is 24.3 Å². The van der Waals surface area contributed by atoms with Crippen LogP contribution >= 0.6 is 0 Å². The van der Waals surface area contributed by atoms with Crippen LogP contribution in [0.1, 0.15) is 30.4 Å². The number of carbonyl (C=O) groups excluding carboxylic acids is 1. The number of rotatable bonds is 3. The zero-order chi connectivity index (χ0) is 15.7. The van der Waals surface area contributed by atoms with E-state index in [0.29, 0.717) is 12.8 Å². The Hall–Kier alpha value is -2.23. The third-order valence-electron chi connectivity index (χ3n) is 4.41. The molecule has 3 rings (SSSR count). The number of hydrogen-bond donors (Lipinski definition) is 1. The highest BCUT2D eigenvalue weighted by atomic mass is 19.1. The van der Waals surface area contributed by atoms with Crippen LogP contribution in [0.25, 0.3) is 0 Å². The lowest BCUT2D eigenvalue weighted by molar-refractivity contribution is -0.124. The summed E-state index contributed by atoms with van der Waals surface area (Å²) in [5.41, 5.74) is 1.18. The highest BCUT2D eigenvalue weighted by molar-refractivity contribution is 6.00. The predicted molar refractivity (Wildman–Crippen MR) is 81.7 cm³/mol. The molecule has 22 heavy (non-hydrogen) atoms. The van der Waals surface area contributed by atoms with E-state index in [1.807, 2.05) is 6.92 Å². The van der Waals surface area contributed by atoms with Gasteiger partial charge < -0.3 is 5.32 Å². The molecule has 0 bridgehead atoms. The number of hydrogen-bond acceptors (Lipinski definition) is 1. The SMILES string of the molecule is Cc1ccc(F)c(NC(=O)C2(c3ccc(F)cc3)CCC2)c1. The highest BCUT2D eigenvalue weighted by Crippen LogP contribution is 2.44. The van der Waals surface area contributed by atoms with Gasteiger partial charge in [-0.1, -0.05) is 24.6 Å². The van der Waals surface area contributed by atoms with E-state index >= 15 is 0 Å². The van der Waals surface area contributed by atoms with Gasteiger partial charge in [0, 0.05) is 0 Å². The van der Waals surface area contributed by atoms with Crippen LogP contribution in [0.3, 0.4) is 0 Å². The third kappa shape index (κ3) is 2.49. The highest BCUT2D eigenvalue weighted by Gasteiger charge is 2.45. The first-order valence-corrected chi connectivity index (χ1v) is 7.35. The van der Waals surface area contributed by atoms with Crippen molar-refractivity contribution in [2.75, 3.05) is 5.32 Å². The van der Waals surface area contributed by atoms with Crippen molar-refractivity contribution in [1.82, 2.24) is 0 Å². The molecule has 0 radical (unpaired) electrons. The lowest BCUT2D eigenvalue weighted by Gasteiger charge is -2.40. The van der Waals surface area contributed by atoms with Crippen molar-refractivity contribution in [2.45, 2.75) is 31.6 Å². The Balaban J connectivity index is 1.89. The minimum absolute atomic E-state index is 0.193. The Labute approximate surface area is 128 Å². The average molecular weight is 301 g/mol. The number of nitrogens with one attached hydrogen (secondary N) is 1. The average Bonchev–Trinajstić information content (AvgIpc) is 2.44. The lowest BCUT2D eigenvalue weighted by Crippen LogP contribution is -2.46. The van der Waals surface area contributed by atoms with E-state index in [4.69, 9.17) is 0 Å². The second-order valence-corrected chi connectivity index (χ2v) is 5.88. The summed E-state index contributed by atoms with van der Waals surface area (Å²) in [7, 11) is 0. The number of amides is 1. The van der Waals surface area contributed by atoms with Crippen molar-refractivity contribution in [3.05, 3.63) is 65.2 Å². The third-order valence-corrected chi connectivity index (χ3v) is 4.41. The van der Waals surface area contributed by atoms with Gasteiger partial charge in [-0.25, -0.2) is 8.78 Å². The van der Waals surface area contributed by atoms with Crippen molar-refractivity contribution >= 4 is 11.6 Å². The van der Waals surface area contributed by atoms with Crippen LogP contribution in [0, 0.1) is 18.6 Å². The molecule has 2 aromatic rings. The summed E-state index contributed by atoms with van der Waals surface area (Å²) in [6.07, 6.45) is 2.32. The maximum absolute atomic E-state index is 13.8. The summed E-state index contributed by atoms with van der Waals surface area (Å²) in [5.74, 6) is -1.01. The van der Waals surface area contributed by atoms with Crippen molar-refractivity contribution < 1.29 is 13.6 Å². The molecule has 1 aliphatic rings. The Morgan fingerprint density at radius 3 is 2.36 bits per heavy atom. The van der Waals surface area contributed by atoms with Crippen LogP contribution in [-0.4, -0.2) is 5.91 Å². The molecule has 1 amide bonds. The van der Waals surface area contributed by atoms with Crippen molar-refractivity contribution in [3.63, 3.8) is 0 Å². The van der Waals surface area contributed by atoms with Gasteiger partial charge in [0.15, 0.2) is 0 Å². The van der Waals surface area contributed by atoms with Crippen molar-refractivity contribution in [3.8, 4) is 0 Å². The van der Waals surface area contributed by atoms with E-state index in [1.165, 1.54) is 18.2 Å². The van der Waals surface area contributed by atoms with Gasteiger partial charge in [0.05, 0.1) is 11.1 Å². The lowest BCUT2D eigenvalue weighted by atomic mass is 9.64. The van der Waals surface area contributed by atoms with Crippen LogP contribution in [-0.2, 0) is 10.2 Å². The Kier molecular flexibility index (Phi) is 3.69. The van der Waals surface area contributed by atoms with E-state index in [0.717, 1.165) is 17.5 Å². The molecule has 1 N–H and O–H groups in total. The molecule has 1 saturated carbocycles. The number of anilines is 1. The van der Waals surface area contributed by atoms with E-state index in [2.05, 4.69) is 5.32 Å². The first kappa shape index (κ1) is 14.7. The minimum Gasteiger partial charge on any atom is -0.323 e. The second-order valence-electron chi connectivity index (χ2n) is 5.88. The summed E-state index contributed by atoms with van der Waals surface area (Å²) >= 11 is 0. The molecular formula is C18H17F2NO. The summed E-state index contributed by atoms with van der Waals surface area (Å²) in [6.45, 7) is 1.84. The molecule has 0 spiro atoms. The van der Waals surface area contributed by atoms with E-state index in [-0.39, 0.29) is 17.4 Å². The van der Waals surface area contributed by atoms with Gasteiger partial charge in [-0.2, -0.15) is 0 Å². The van der Waals surface area contributed by atoms with Crippen LogP contribution < -0.4 is 5.32 Å². The number of benzene rings is 2. The molecule has 1 aliphatic carbocycles. The fourth-order valence-electron chi connectivity index (χ4n) is 2.92. The van der Waals surface area contributed by atoms with Crippen LogP contribution in [0.2, 0.25) is 0 Å². The molecule has 114 valence electrons. The van der Waals surface area contributed by atoms with Crippen LogP contribution in [0.5, 0.6) is 0 Å². The van der Waals surface area contributed by atoms with Gasteiger partial charge >= 0.3 is 0 Å². The summed E-state index contributed by atoms with van der Waals surface area (Å²) in [4.78, 5) is 12.7. The van der Waals surface area contributed by atoms with Gasteiger partial charge in [-0.3, -0.25) is 4.79 Å². The standard InChI is InChI=1S/C18H17F2NO/c1-12-3-8-15(20)16(11-12)21-17(22)18(9-2-10-18)13-4-6-14(19)7-5-13/h3-8,11H,2,9-10H2,1H3,(H,21,22). The smallest absolute Gasteiger partial charge is 0.235 e. The molecule has 0 aliphatic heterocycles. The molecule has 1 fully saturated rings. The fraction of sp³-hybridized carbons (Fsp3) is 0.278. The number of halogens is 2. The topological polar surface area (TPSA) is 29.1 Å². The first-order chi connectivity index (χ1) is 10.5. The normalized spacial score (nSPS) is 16.0. The van der Waals surface area contributed by atoms with Gasteiger partial charge in [0.1, 0.15) is 11.6 Å².